The van der Waals surface area contributed by atoms with Crippen LogP contribution in [0, 0.1) is 0 Å². The first-order valence-corrected chi connectivity index (χ1v) is 10.9. The zero-order valence-electron chi connectivity index (χ0n) is 17.0. The van der Waals surface area contributed by atoms with Crippen molar-refractivity contribution in [3.8, 4) is 28.3 Å². The molecule has 0 saturated carbocycles. The molecule has 0 unspecified atom stereocenters. The number of H-pyrrole nitrogens is 1. The van der Waals surface area contributed by atoms with Crippen LogP contribution in [0.25, 0.3) is 22.5 Å². The van der Waals surface area contributed by atoms with Crippen molar-refractivity contribution in [1.29, 1.82) is 0 Å². The van der Waals surface area contributed by atoms with Crippen molar-refractivity contribution in [1.82, 2.24) is 25.2 Å². The van der Waals surface area contributed by atoms with Crippen LogP contribution in [-0.4, -0.2) is 30.3 Å². The van der Waals surface area contributed by atoms with Gasteiger partial charge in [0.15, 0.2) is 5.82 Å². The summed E-state index contributed by atoms with van der Waals surface area (Å²) in [4.78, 5) is 12.8. The molecule has 2 aromatic carbocycles. The van der Waals surface area contributed by atoms with E-state index in [2.05, 4.69) is 43.5 Å². The Morgan fingerprint density at radius 1 is 1.10 bits per heavy atom. The molecule has 0 aliphatic carbocycles. The Bertz CT molecular complexity index is 1230. The number of nitrogens with zero attached hydrogens (tertiary/aromatic N) is 4. The van der Waals surface area contributed by atoms with Crippen LogP contribution in [0.1, 0.15) is 31.0 Å². The van der Waals surface area contributed by atoms with Gasteiger partial charge in [-0.05, 0) is 55.9 Å². The van der Waals surface area contributed by atoms with Crippen molar-refractivity contribution in [2.24, 2.45) is 0 Å². The monoisotopic (exact) mass is 479 g/mol. The highest BCUT2D eigenvalue weighted by Crippen LogP contribution is 2.30. The number of rotatable bonds is 7. The second-order valence-electron chi connectivity index (χ2n) is 7.32. The summed E-state index contributed by atoms with van der Waals surface area (Å²) in [6, 6.07) is 17.7. The third-order valence-electron chi connectivity index (χ3n) is 5.23. The zero-order chi connectivity index (χ0) is 21.8. The lowest BCUT2D eigenvalue weighted by Crippen LogP contribution is -2.24. The predicted molar refractivity (Wildman–Crippen MR) is 123 cm³/mol. The van der Waals surface area contributed by atoms with E-state index in [1.54, 1.807) is 10.6 Å². The molecule has 8 heteroatoms. The molecule has 0 radical (unpaired) electrons. The third-order valence-corrected chi connectivity index (χ3v) is 5.97. The van der Waals surface area contributed by atoms with E-state index in [1.165, 1.54) is 0 Å². The number of hydrogen-bond acceptors (Lipinski definition) is 5. The Morgan fingerprint density at radius 2 is 1.84 bits per heavy atom. The first kappa shape index (κ1) is 21.0. The fraction of sp³-hybridized carbons (Fsp3) is 0.217. The number of aromatic amines is 1. The zero-order valence-corrected chi connectivity index (χ0v) is 18.6. The van der Waals surface area contributed by atoms with Gasteiger partial charge in [-0.1, -0.05) is 61.9 Å². The summed E-state index contributed by atoms with van der Waals surface area (Å²) in [6.07, 6.45) is 2.70. The van der Waals surface area contributed by atoms with Crippen LogP contribution in [0.4, 0.5) is 0 Å². The van der Waals surface area contributed by atoms with Crippen molar-refractivity contribution >= 4 is 15.9 Å². The lowest BCUT2D eigenvalue weighted by molar-refractivity contribution is 0.464. The van der Waals surface area contributed by atoms with E-state index < -0.39 is 0 Å². The third kappa shape index (κ3) is 4.44. The molecule has 31 heavy (non-hydrogen) atoms. The molecule has 0 aliphatic heterocycles. The van der Waals surface area contributed by atoms with Gasteiger partial charge in [0, 0.05) is 17.3 Å². The number of aryl methyl sites for hydroxylation is 1. The highest BCUT2D eigenvalue weighted by Gasteiger charge is 2.14. The largest absolute Gasteiger partial charge is 0.506 e. The molecular formula is C23H22BrN5O2. The van der Waals surface area contributed by atoms with Gasteiger partial charge in [0.1, 0.15) is 10.2 Å². The van der Waals surface area contributed by atoms with Gasteiger partial charge in [-0.15, -0.1) is 5.10 Å². The SMILES string of the molecule is CCCCc1cc(O)c(Br)c(=O)n1Cc1ccc(-c2ccccc2-c2nnn[nH]2)cc1. The van der Waals surface area contributed by atoms with Crippen molar-refractivity contribution in [2.75, 3.05) is 0 Å². The topological polar surface area (TPSA) is 96.7 Å². The number of hydrogen-bond donors (Lipinski definition) is 2. The van der Waals surface area contributed by atoms with Gasteiger partial charge in [-0.2, -0.15) is 0 Å². The fourth-order valence-corrected chi connectivity index (χ4v) is 3.91. The quantitative estimate of drug-likeness (QED) is 0.405. The van der Waals surface area contributed by atoms with Crippen molar-refractivity contribution in [3.63, 3.8) is 0 Å². The summed E-state index contributed by atoms with van der Waals surface area (Å²) >= 11 is 3.21. The van der Waals surface area contributed by atoms with Crippen LogP contribution < -0.4 is 5.56 Å². The van der Waals surface area contributed by atoms with Crippen LogP contribution >= 0.6 is 15.9 Å². The van der Waals surface area contributed by atoms with Gasteiger partial charge in [-0.25, -0.2) is 5.10 Å². The maximum Gasteiger partial charge on any atom is 0.269 e. The summed E-state index contributed by atoms with van der Waals surface area (Å²) in [5, 5.41) is 24.2. The van der Waals surface area contributed by atoms with Crippen LogP contribution in [0.3, 0.4) is 0 Å². The van der Waals surface area contributed by atoms with Gasteiger partial charge in [-0.3, -0.25) is 4.79 Å². The van der Waals surface area contributed by atoms with E-state index in [9.17, 15) is 9.90 Å². The molecule has 0 fully saturated rings. The highest BCUT2D eigenvalue weighted by atomic mass is 79.9. The van der Waals surface area contributed by atoms with Crippen LogP contribution in [0.15, 0.2) is 63.9 Å². The Labute approximate surface area is 187 Å². The highest BCUT2D eigenvalue weighted by molar-refractivity contribution is 9.10. The average Bonchev–Trinajstić information content (AvgIpc) is 3.34. The minimum atomic E-state index is -0.224. The molecule has 0 bridgehead atoms. The molecule has 0 spiro atoms. The molecule has 2 heterocycles. The second kappa shape index (κ2) is 9.26. The van der Waals surface area contributed by atoms with E-state index in [0.29, 0.717) is 12.4 Å². The second-order valence-corrected chi connectivity index (χ2v) is 8.12. The number of halogens is 1. The molecule has 7 nitrogen and oxygen atoms in total. The lowest BCUT2D eigenvalue weighted by Gasteiger charge is -2.15. The van der Waals surface area contributed by atoms with Crippen LogP contribution in [0.2, 0.25) is 0 Å². The molecule has 0 saturated heterocycles. The molecule has 2 aromatic heterocycles. The molecular weight excluding hydrogens is 458 g/mol. The maximum absolute atomic E-state index is 12.8. The fourth-order valence-electron chi connectivity index (χ4n) is 3.58. The Hall–Kier alpha value is -3.26. The van der Waals surface area contributed by atoms with E-state index in [-0.39, 0.29) is 15.8 Å². The van der Waals surface area contributed by atoms with Gasteiger partial charge in [0.05, 0.1) is 6.54 Å². The number of pyridine rings is 1. The Balaban J connectivity index is 1.66. The van der Waals surface area contributed by atoms with Crippen LogP contribution in [0.5, 0.6) is 5.75 Å². The van der Waals surface area contributed by atoms with Crippen molar-refractivity contribution in [2.45, 2.75) is 32.7 Å². The van der Waals surface area contributed by atoms with Gasteiger partial charge in [0.25, 0.3) is 5.56 Å². The minimum absolute atomic E-state index is 0.0128. The number of benzene rings is 2. The van der Waals surface area contributed by atoms with Crippen molar-refractivity contribution in [3.05, 3.63) is 80.7 Å². The van der Waals surface area contributed by atoms with E-state index in [1.807, 2.05) is 48.5 Å². The van der Waals surface area contributed by atoms with E-state index in [0.717, 1.165) is 47.2 Å². The van der Waals surface area contributed by atoms with Gasteiger partial charge in [0.2, 0.25) is 0 Å². The normalized spacial score (nSPS) is 11.0. The number of nitrogens with one attached hydrogen (secondary N) is 1. The number of unbranched alkanes of at least 4 members (excludes halogenated alkanes) is 1. The van der Waals surface area contributed by atoms with Gasteiger partial charge < -0.3 is 9.67 Å². The Kier molecular flexibility index (Phi) is 6.27. The molecule has 2 N–H and O–H groups in total. The molecule has 0 atom stereocenters. The molecule has 158 valence electrons. The Morgan fingerprint density at radius 3 is 2.52 bits per heavy atom. The molecule has 0 aliphatic rings. The first-order valence-electron chi connectivity index (χ1n) is 10.1. The minimum Gasteiger partial charge on any atom is -0.506 e. The number of tetrazole rings is 1. The molecule has 0 amide bonds. The van der Waals surface area contributed by atoms with E-state index in [4.69, 9.17) is 0 Å². The summed E-state index contributed by atoms with van der Waals surface area (Å²) in [5.74, 6) is 0.599. The van der Waals surface area contributed by atoms with Crippen LogP contribution in [-0.2, 0) is 13.0 Å². The lowest BCUT2D eigenvalue weighted by atomic mass is 9.98. The summed E-state index contributed by atoms with van der Waals surface area (Å²) in [5.41, 5.74) is 4.57. The van der Waals surface area contributed by atoms with Crippen molar-refractivity contribution < 1.29 is 5.11 Å². The molecule has 4 rings (SSSR count). The smallest absolute Gasteiger partial charge is 0.269 e. The predicted octanol–water partition coefficient (Wildman–Crippen LogP) is 4.55. The summed E-state index contributed by atoms with van der Waals surface area (Å²) < 4.78 is 1.92. The molecule has 4 aromatic rings. The first-order chi connectivity index (χ1) is 15.1. The van der Waals surface area contributed by atoms with Gasteiger partial charge >= 0.3 is 0 Å². The average molecular weight is 480 g/mol. The summed E-state index contributed by atoms with van der Waals surface area (Å²) in [6.45, 7) is 2.54. The van der Waals surface area contributed by atoms with E-state index >= 15 is 0 Å². The maximum atomic E-state index is 12.8. The standard InChI is InChI=1S/C23H22BrN5O2/c1-2-3-6-17-13-20(30)21(24)23(31)29(17)14-15-9-11-16(12-10-15)18-7-4-5-8-19(18)22-25-27-28-26-22/h4-5,7-13,30H,2-3,6,14H2,1H3,(H,25,26,27,28). The number of aromatic nitrogens is 5. The summed E-state index contributed by atoms with van der Waals surface area (Å²) in [7, 11) is 0. The number of aromatic hydroxyl groups is 1.